The van der Waals surface area contributed by atoms with Gasteiger partial charge in [0.05, 0.1) is 11.2 Å². The molecule has 2 aliphatic rings. The first-order chi connectivity index (χ1) is 9.41. The van der Waals surface area contributed by atoms with Crippen LogP contribution in [0.1, 0.15) is 51.7 Å². The quantitative estimate of drug-likeness (QED) is 0.717. The van der Waals surface area contributed by atoms with Crippen LogP contribution >= 0.6 is 0 Å². The lowest BCUT2D eigenvalue weighted by Gasteiger charge is -2.32. The maximum absolute atomic E-state index is 6.23. The molecule has 0 aromatic heterocycles. The topological polar surface area (TPSA) is 18.5 Å². The fourth-order valence-corrected chi connectivity index (χ4v) is 2.87. The van der Waals surface area contributed by atoms with E-state index in [0.717, 1.165) is 12.8 Å². The molecule has 20 heavy (non-hydrogen) atoms. The number of rotatable bonds is 1. The van der Waals surface area contributed by atoms with Crippen LogP contribution in [0.15, 0.2) is 30.3 Å². The first-order valence-electron chi connectivity index (χ1n) is 7.55. The van der Waals surface area contributed by atoms with Crippen LogP contribution in [0.2, 0.25) is 0 Å². The first kappa shape index (κ1) is 13.9. The Balaban J connectivity index is 1.98. The van der Waals surface area contributed by atoms with E-state index in [2.05, 4.69) is 58.0 Å². The Kier molecular flexibility index (Phi) is 3.30. The molecule has 1 aliphatic carbocycles. The number of allylic oxidation sites excluding steroid dienone is 1. The molecule has 3 rings (SSSR count). The van der Waals surface area contributed by atoms with Crippen molar-refractivity contribution in [2.45, 2.75) is 58.2 Å². The molecule has 0 N–H and O–H groups in total. The Morgan fingerprint density at radius 3 is 2.35 bits per heavy atom. The van der Waals surface area contributed by atoms with Gasteiger partial charge in [0.25, 0.3) is 0 Å². The Hall–Kier alpha value is -1.06. The first-order valence-corrected chi connectivity index (χ1v) is 7.55. The van der Waals surface area contributed by atoms with Crippen molar-refractivity contribution < 1.29 is 9.31 Å². The van der Waals surface area contributed by atoms with Gasteiger partial charge in [-0.3, -0.25) is 0 Å². The molecule has 106 valence electrons. The molecule has 3 heteroatoms. The Labute approximate surface area is 122 Å². The number of aryl methyl sites for hydroxylation is 1. The minimum atomic E-state index is -0.278. The van der Waals surface area contributed by atoms with E-state index in [1.165, 1.54) is 23.0 Å². The normalized spacial score (nSPS) is 24.0. The molecular formula is C17H23BO2. The van der Waals surface area contributed by atoms with Gasteiger partial charge in [-0.2, -0.15) is 0 Å². The van der Waals surface area contributed by atoms with Gasteiger partial charge < -0.3 is 9.31 Å². The lowest BCUT2D eigenvalue weighted by Crippen LogP contribution is -2.41. The average molecular weight is 270 g/mol. The smallest absolute Gasteiger partial charge is 0.399 e. The van der Waals surface area contributed by atoms with Crippen molar-refractivity contribution >= 4 is 12.6 Å². The van der Waals surface area contributed by atoms with Crippen LogP contribution in [-0.2, 0) is 15.7 Å². The van der Waals surface area contributed by atoms with Crippen LogP contribution in [-0.4, -0.2) is 18.3 Å². The molecule has 0 atom stereocenters. The van der Waals surface area contributed by atoms with Crippen molar-refractivity contribution in [3.63, 3.8) is 0 Å². The number of hydrogen-bond acceptors (Lipinski definition) is 2. The molecule has 1 fully saturated rings. The van der Waals surface area contributed by atoms with Crippen LogP contribution in [0.3, 0.4) is 0 Å². The third-order valence-corrected chi connectivity index (χ3v) is 4.85. The highest BCUT2D eigenvalue weighted by molar-refractivity contribution is 6.69. The molecule has 0 saturated carbocycles. The van der Waals surface area contributed by atoms with Gasteiger partial charge in [0.1, 0.15) is 0 Å². The summed E-state index contributed by atoms with van der Waals surface area (Å²) < 4.78 is 12.5. The molecule has 2 nitrogen and oxygen atoms in total. The van der Waals surface area contributed by atoms with Crippen LogP contribution in [0.5, 0.6) is 0 Å². The van der Waals surface area contributed by atoms with E-state index < -0.39 is 0 Å². The van der Waals surface area contributed by atoms with E-state index in [0.29, 0.717) is 0 Å². The second-order valence-electron chi connectivity index (χ2n) is 6.80. The zero-order chi connectivity index (χ0) is 14.4. The lowest BCUT2D eigenvalue weighted by atomic mass is 9.73. The third-order valence-electron chi connectivity index (χ3n) is 4.85. The van der Waals surface area contributed by atoms with Gasteiger partial charge in [0, 0.05) is 0 Å². The van der Waals surface area contributed by atoms with Crippen molar-refractivity contribution in [2.24, 2.45) is 0 Å². The highest BCUT2D eigenvalue weighted by Gasteiger charge is 2.52. The van der Waals surface area contributed by atoms with Gasteiger partial charge in [-0.15, -0.1) is 0 Å². The maximum atomic E-state index is 6.23. The summed E-state index contributed by atoms with van der Waals surface area (Å²) >= 11 is 0. The standard InChI is InChI=1S/C17H23BO2/c1-16(2)17(3,4)20-18(19-16)15-12-8-6-10-13-9-5-7-11-14(13)15/h5,7,9,11-12H,6,8,10H2,1-4H3. The highest BCUT2D eigenvalue weighted by Crippen LogP contribution is 2.41. The lowest BCUT2D eigenvalue weighted by molar-refractivity contribution is 0.00578. The molecule has 1 aromatic carbocycles. The van der Waals surface area contributed by atoms with E-state index in [9.17, 15) is 0 Å². The number of hydrogen-bond donors (Lipinski definition) is 0. The van der Waals surface area contributed by atoms with E-state index in [-0.39, 0.29) is 18.3 Å². The molecule has 1 heterocycles. The SMILES string of the molecule is CC1(C)OB(C2=CCCCc3ccccc32)OC1(C)C. The van der Waals surface area contributed by atoms with Crippen molar-refractivity contribution in [2.75, 3.05) is 0 Å². The van der Waals surface area contributed by atoms with Gasteiger partial charge in [-0.05, 0) is 63.6 Å². The van der Waals surface area contributed by atoms with E-state index >= 15 is 0 Å². The van der Waals surface area contributed by atoms with Gasteiger partial charge in [0.15, 0.2) is 0 Å². The summed E-state index contributed by atoms with van der Waals surface area (Å²) in [4.78, 5) is 0. The summed E-state index contributed by atoms with van der Waals surface area (Å²) in [6.45, 7) is 8.43. The second kappa shape index (κ2) is 4.75. The fourth-order valence-electron chi connectivity index (χ4n) is 2.87. The molecule has 0 radical (unpaired) electrons. The number of fused-ring (bicyclic) bond motifs is 1. The minimum absolute atomic E-state index is 0.251. The van der Waals surface area contributed by atoms with Gasteiger partial charge in [-0.25, -0.2) is 0 Å². The van der Waals surface area contributed by atoms with Crippen LogP contribution in [0, 0.1) is 0 Å². The van der Waals surface area contributed by atoms with Crippen LogP contribution in [0.4, 0.5) is 0 Å². The van der Waals surface area contributed by atoms with Crippen LogP contribution in [0.25, 0.3) is 5.47 Å². The van der Waals surface area contributed by atoms with Gasteiger partial charge >= 0.3 is 7.12 Å². The largest absolute Gasteiger partial charge is 0.495 e. The van der Waals surface area contributed by atoms with Crippen molar-refractivity contribution in [3.05, 3.63) is 41.5 Å². The Bertz CT molecular complexity index is 530. The van der Waals surface area contributed by atoms with Crippen molar-refractivity contribution in [3.8, 4) is 0 Å². The third kappa shape index (κ3) is 2.23. The van der Waals surface area contributed by atoms with Crippen molar-refractivity contribution in [1.29, 1.82) is 0 Å². The molecule has 0 amide bonds. The predicted molar refractivity (Wildman–Crippen MR) is 83.4 cm³/mol. The van der Waals surface area contributed by atoms with E-state index in [1.54, 1.807) is 0 Å². The monoisotopic (exact) mass is 270 g/mol. The summed E-state index contributed by atoms with van der Waals surface area (Å²) in [6, 6.07) is 8.63. The molecule has 1 saturated heterocycles. The van der Waals surface area contributed by atoms with Crippen molar-refractivity contribution in [1.82, 2.24) is 0 Å². The van der Waals surface area contributed by atoms with Gasteiger partial charge in [-0.1, -0.05) is 30.3 Å². The zero-order valence-corrected chi connectivity index (χ0v) is 12.9. The summed E-state index contributed by atoms with van der Waals surface area (Å²) in [5.41, 5.74) is 3.35. The van der Waals surface area contributed by atoms with E-state index in [4.69, 9.17) is 9.31 Å². The fraction of sp³-hybridized carbons (Fsp3) is 0.529. The summed E-state index contributed by atoms with van der Waals surface area (Å²) in [5, 5.41) is 0. The Morgan fingerprint density at radius 2 is 1.65 bits per heavy atom. The molecular weight excluding hydrogens is 247 g/mol. The molecule has 1 aromatic rings. The summed E-state index contributed by atoms with van der Waals surface area (Å²) in [5.74, 6) is 0. The maximum Gasteiger partial charge on any atom is 0.495 e. The van der Waals surface area contributed by atoms with E-state index in [1.807, 2.05) is 0 Å². The summed E-state index contributed by atoms with van der Waals surface area (Å²) in [7, 11) is -0.251. The molecule has 0 unspecified atom stereocenters. The molecule has 0 spiro atoms. The predicted octanol–water partition coefficient (Wildman–Crippen LogP) is 4.04. The van der Waals surface area contributed by atoms with Gasteiger partial charge in [0.2, 0.25) is 0 Å². The second-order valence-corrected chi connectivity index (χ2v) is 6.80. The minimum Gasteiger partial charge on any atom is -0.399 e. The summed E-state index contributed by atoms with van der Waals surface area (Å²) in [6.07, 6.45) is 5.72. The van der Waals surface area contributed by atoms with Crippen LogP contribution < -0.4 is 0 Å². The Morgan fingerprint density at radius 1 is 1.00 bits per heavy atom. The highest BCUT2D eigenvalue weighted by atomic mass is 16.7. The number of benzene rings is 1. The molecule has 0 bridgehead atoms. The average Bonchev–Trinajstić information content (AvgIpc) is 2.55. The zero-order valence-electron chi connectivity index (χ0n) is 12.9. The molecule has 1 aliphatic heterocycles.